The monoisotopic (exact) mass is 476 g/mol. The maximum absolute atomic E-state index is 13.2. The van der Waals surface area contributed by atoms with Gasteiger partial charge in [-0.3, -0.25) is 10.2 Å². The van der Waals surface area contributed by atoms with Crippen molar-refractivity contribution in [3.05, 3.63) is 77.0 Å². The van der Waals surface area contributed by atoms with Crippen LogP contribution in [0.4, 0.5) is 4.79 Å². The van der Waals surface area contributed by atoms with E-state index in [2.05, 4.69) is 22.2 Å². The van der Waals surface area contributed by atoms with Crippen molar-refractivity contribution >= 4 is 44.3 Å². The Morgan fingerprint density at radius 1 is 0.971 bits per heavy atom. The average molecular weight is 477 g/mol. The molecule has 8 nitrogen and oxygen atoms in total. The van der Waals surface area contributed by atoms with Crippen LogP contribution in [0.2, 0.25) is 0 Å². The third-order valence-corrected chi connectivity index (χ3v) is 7.93. The van der Waals surface area contributed by atoms with Crippen molar-refractivity contribution in [3.63, 3.8) is 0 Å². The number of hydrogen-bond donors (Lipinski definition) is 3. The molecule has 1 aliphatic heterocycles. The van der Waals surface area contributed by atoms with Crippen molar-refractivity contribution in [1.29, 1.82) is 0 Å². The van der Waals surface area contributed by atoms with Crippen LogP contribution >= 0.6 is 0 Å². The first-order valence-electron chi connectivity index (χ1n) is 11.1. The molecule has 1 unspecified atom stereocenters. The molecule has 3 N–H and O–H groups in total. The topological polar surface area (TPSA) is 117 Å². The number of pyridine rings is 1. The second-order valence-electron chi connectivity index (χ2n) is 8.56. The van der Waals surface area contributed by atoms with Gasteiger partial charge in [-0.05, 0) is 48.1 Å². The van der Waals surface area contributed by atoms with Gasteiger partial charge in [-0.2, -0.15) is 0 Å². The molecule has 1 aliphatic carbocycles. The first kappa shape index (κ1) is 22.1. The molecule has 2 aromatic carbocycles. The second kappa shape index (κ2) is 8.90. The van der Waals surface area contributed by atoms with E-state index in [-0.39, 0.29) is 11.5 Å². The maximum atomic E-state index is 13.2. The van der Waals surface area contributed by atoms with E-state index in [0.29, 0.717) is 29.3 Å². The largest absolute Gasteiger partial charge is 0.333 e. The average Bonchev–Trinajstić information content (AvgIpc) is 3.38. The van der Waals surface area contributed by atoms with E-state index in [1.807, 2.05) is 54.6 Å². The van der Waals surface area contributed by atoms with Gasteiger partial charge in [0.15, 0.2) is 9.84 Å². The molecule has 0 saturated carbocycles. The van der Waals surface area contributed by atoms with Crippen LogP contribution in [0.25, 0.3) is 22.6 Å². The van der Waals surface area contributed by atoms with E-state index >= 15 is 0 Å². The molecule has 3 aromatic rings. The SMILES string of the molecule is O=C(NNC(=O)c1c2c(nc3ccccc13)/C(=C\c1ccccc1)CC2)NC1CCS(=O)(=O)C1. The van der Waals surface area contributed by atoms with Gasteiger partial charge >= 0.3 is 6.03 Å². The molecule has 9 heteroatoms. The molecule has 0 spiro atoms. The lowest BCUT2D eigenvalue weighted by molar-refractivity contribution is 0.0936. The van der Waals surface area contributed by atoms with Crippen molar-refractivity contribution in [1.82, 2.24) is 21.2 Å². The first-order valence-corrected chi connectivity index (χ1v) is 13.0. The lowest BCUT2D eigenvalue weighted by Crippen LogP contribution is -2.50. The number of carbonyl (C=O) groups excluding carboxylic acids is 2. The fourth-order valence-corrected chi connectivity index (χ4v) is 6.27. The predicted molar refractivity (Wildman–Crippen MR) is 131 cm³/mol. The molecule has 1 aromatic heterocycles. The number of aromatic nitrogens is 1. The third-order valence-electron chi connectivity index (χ3n) is 6.17. The molecule has 1 atom stereocenters. The lowest BCUT2D eigenvalue weighted by atomic mass is 10.00. The standard InChI is InChI=1S/C25H24N4O4S/c30-24(28-29-25(31)26-18-12-13-34(32,33)15-18)22-19-8-4-5-9-21(19)27-23-17(10-11-20(22)23)14-16-6-2-1-3-7-16/h1-9,14,18H,10-13,15H2,(H,28,30)(H2,26,29,31)/b17-14-. The number of fused-ring (bicyclic) bond motifs is 2. The summed E-state index contributed by atoms with van der Waals surface area (Å²) in [6.07, 6.45) is 3.89. The number of carbonyl (C=O) groups is 2. The highest BCUT2D eigenvalue weighted by molar-refractivity contribution is 7.91. The summed E-state index contributed by atoms with van der Waals surface area (Å²) in [5, 5.41) is 3.31. The number of allylic oxidation sites excluding steroid dienone is 1. The van der Waals surface area contributed by atoms with Gasteiger partial charge in [0.25, 0.3) is 5.91 Å². The Balaban J connectivity index is 1.40. The van der Waals surface area contributed by atoms with E-state index in [1.54, 1.807) is 0 Å². The summed E-state index contributed by atoms with van der Waals surface area (Å²) in [6.45, 7) is 0. The number of nitrogens with zero attached hydrogens (tertiary/aromatic N) is 1. The zero-order valence-corrected chi connectivity index (χ0v) is 19.2. The summed E-state index contributed by atoms with van der Waals surface area (Å²) < 4.78 is 23.2. The summed E-state index contributed by atoms with van der Waals surface area (Å²) in [4.78, 5) is 30.3. The highest BCUT2D eigenvalue weighted by atomic mass is 32.2. The van der Waals surface area contributed by atoms with E-state index in [1.165, 1.54) is 0 Å². The minimum absolute atomic E-state index is 0.0538. The zero-order valence-electron chi connectivity index (χ0n) is 18.4. The lowest BCUT2D eigenvalue weighted by Gasteiger charge is -2.15. The number of amides is 3. The van der Waals surface area contributed by atoms with E-state index in [0.717, 1.165) is 28.8 Å². The Kier molecular flexibility index (Phi) is 5.79. The van der Waals surface area contributed by atoms with Crippen molar-refractivity contribution in [3.8, 4) is 0 Å². The van der Waals surface area contributed by atoms with Crippen LogP contribution in [-0.4, -0.2) is 42.9 Å². The van der Waals surface area contributed by atoms with Gasteiger partial charge in [0.2, 0.25) is 0 Å². The maximum Gasteiger partial charge on any atom is 0.333 e. The smallest absolute Gasteiger partial charge is 0.333 e. The summed E-state index contributed by atoms with van der Waals surface area (Å²) in [6, 6.07) is 16.3. The Bertz CT molecular complexity index is 1420. The molecule has 1 saturated heterocycles. The molecule has 34 heavy (non-hydrogen) atoms. The number of urea groups is 1. The van der Waals surface area contributed by atoms with Gasteiger partial charge in [-0.25, -0.2) is 23.6 Å². The van der Waals surface area contributed by atoms with Crippen LogP contribution in [0, 0.1) is 0 Å². The van der Waals surface area contributed by atoms with Crippen molar-refractivity contribution in [2.75, 3.05) is 11.5 Å². The zero-order chi connectivity index (χ0) is 23.7. The summed E-state index contributed by atoms with van der Waals surface area (Å²) >= 11 is 0. The Morgan fingerprint density at radius 3 is 2.50 bits per heavy atom. The molecule has 5 rings (SSSR count). The van der Waals surface area contributed by atoms with Crippen molar-refractivity contribution in [2.45, 2.75) is 25.3 Å². The van der Waals surface area contributed by atoms with Crippen molar-refractivity contribution in [2.24, 2.45) is 0 Å². The molecule has 2 heterocycles. The number of benzene rings is 2. The van der Waals surface area contributed by atoms with Crippen LogP contribution in [0.1, 0.15) is 40.0 Å². The van der Waals surface area contributed by atoms with Gasteiger partial charge in [-0.15, -0.1) is 0 Å². The molecule has 3 amide bonds. The fourth-order valence-electron chi connectivity index (χ4n) is 4.60. The number of rotatable bonds is 3. The van der Waals surface area contributed by atoms with E-state index in [4.69, 9.17) is 4.98 Å². The Hall–Kier alpha value is -3.72. The normalized spacial score (nSPS) is 19.6. The van der Waals surface area contributed by atoms with Crippen LogP contribution in [-0.2, 0) is 16.3 Å². The van der Waals surface area contributed by atoms with E-state index in [9.17, 15) is 18.0 Å². The van der Waals surface area contributed by atoms with Crippen LogP contribution in [0.15, 0.2) is 54.6 Å². The minimum atomic E-state index is -3.12. The Morgan fingerprint density at radius 2 is 1.74 bits per heavy atom. The highest BCUT2D eigenvalue weighted by Crippen LogP contribution is 2.37. The van der Waals surface area contributed by atoms with Gasteiger partial charge in [0, 0.05) is 11.4 Å². The summed E-state index contributed by atoms with van der Waals surface area (Å²) in [7, 11) is -3.12. The third kappa shape index (κ3) is 4.51. The van der Waals surface area contributed by atoms with Gasteiger partial charge in [-0.1, -0.05) is 48.5 Å². The molecule has 0 bridgehead atoms. The predicted octanol–water partition coefficient (Wildman–Crippen LogP) is 2.85. The first-order chi connectivity index (χ1) is 16.4. The molecule has 0 radical (unpaired) electrons. The van der Waals surface area contributed by atoms with Crippen LogP contribution in [0.5, 0.6) is 0 Å². The Labute approximate surface area is 197 Å². The number of para-hydroxylation sites is 1. The van der Waals surface area contributed by atoms with Gasteiger partial charge in [0.05, 0.1) is 28.3 Å². The molecular weight excluding hydrogens is 452 g/mol. The summed E-state index contributed by atoms with van der Waals surface area (Å²) in [5.74, 6) is -0.476. The summed E-state index contributed by atoms with van der Waals surface area (Å²) in [5.41, 5.74) is 9.81. The molecule has 174 valence electrons. The quantitative estimate of drug-likeness (QED) is 0.503. The van der Waals surface area contributed by atoms with Crippen molar-refractivity contribution < 1.29 is 18.0 Å². The van der Waals surface area contributed by atoms with Crippen LogP contribution < -0.4 is 16.2 Å². The van der Waals surface area contributed by atoms with E-state index < -0.39 is 27.8 Å². The fraction of sp³-hybridized carbons (Fsp3) is 0.240. The number of nitrogens with one attached hydrogen (secondary N) is 3. The van der Waals surface area contributed by atoms with Gasteiger partial charge < -0.3 is 5.32 Å². The number of hydrazine groups is 1. The van der Waals surface area contributed by atoms with Crippen LogP contribution in [0.3, 0.4) is 0 Å². The number of hydrogen-bond acceptors (Lipinski definition) is 5. The molecule has 2 aliphatic rings. The molecular formula is C25H24N4O4S. The highest BCUT2D eigenvalue weighted by Gasteiger charge is 2.30. The second-order valence-corrected chi connectivity index (χ2v) is 10.8. The molecule has 1 fully saturated rings. The van der Waals surface area contributed by atoms with Gasteiger partial charge in [0.1, 0.15) is 0 Å². The number of sulfone groups is 1. The minimum Gasteiger partial charge on any atom is -0.333 e.